The standard InChI is InChI=1S/C23H36N6O/c1-4-24-23(25-13-12-21-27-22(18(2)3)28-30-21)26-16-19-8-10-20(11-9-19)17-29-14-6-5-7-15-29/h8-11,18H,4-7,12-17H2,1-3H3,(H2,24,25,26). The van der Waals surface area contributed by atoms with Gasteiger partial charge in [0.1, 0.15) is 0 Å². The fourth-order valence-corrected chi connectivity index (χ4v) is 3.53. The number of aromatic nitrogens is 2. The maximum atomic E-state index is 5.30. The minimum Gasteiger partial charge on any atom is -0.357 e. The van der Waals surface area contributed by atoms with Crippen LogP contribution in [0.15, 0.2) is 33.8 Å². The van der Waals surface area contributed by atoms with Gasteiger partial charge in [-0.3, -0.25) is 4.90 Å². The Morgan fingerprint density at radius 1 is 1.10 bits per heavy atom. The van der Waals surface area contributed by atoms with Crippen LogP contribution in [0.25, 0.3) is 0 Å². The summed E-state index contributed by atoms with van der Waals surface area (Å²) in [4.78, 5) is 11.7. The van der Waals surface area contributed by atoms with E-state index < -0.39 is 0 Å². The van der Waals surface area contributed by atoms with Gasteiger partial charge in [0.25, 0.3) is 0 Å². The van der Waals surface area contributed by atoms with E-state index in [0.717, 1.165) is 24.9 Å². The second-order valence-corrected chi connectivity index (χ2v) is 8.23. The number of hydrogen-bond donors (Lipinski definition) is 2. The zero-order valence-electron chi connectivity index (χ0n) is 18.7. The summed E-state index contributed by atoms with van der Waals surface area (Å²) < 4.78 is 5.30. The number of rotatable bonds is 9. The number of benzene rings is 1. The van der Waals surface area contributed by atoms with Gasteiger partial charge in [-0.15, -0.1) is 0 Å². The maximum Gasteiger partial charge on any atom is 0.228 e. The average molecular weight is 413 g/mol. The first-order valence-corrected chi connectivity index (χ1v) is 11.3. The van der Waals surface area contributed by atoms with Crippen LogP contribution in [0.1, 0.15) is 68.8 Å². The van der Waals surface area contributed by atoms with Crippen LogP contribution in [0.4, 0.5) is 0 Å². The van der Waals surface area contributed by atoms with Gasteiger partial charge in [0.05, 0.1) is 6.54 Å². The monoisotopic (exact) mass is 412 g/mol. The van der Waals surface area contributed by atoms with E-state index >= 15 is 0 Å². The molecule has 0 unspecified atom stereocenters. The van der Waals surface area contributed by atoms with Crippen LogP contribution in [0, 0.1) is 0 Å². The third-order valence-electron chi connectivity index (χ3n) is 5.27. The number of nitrogens with zero attached hydrogens (tertiary/aromatic N) is 4. The molecule has 2 aromatic rings. The van der Waals surface area contributed by atoms with Gasteiger partial charge in [-0.25, -0.2) is 4.99 Å². The average Bonchev–Trinajstić information content (AvgIpc) is 3.23. The molecule has 0 saturated carbocycles. The Balaban J connectivity index is 1.47. The lowest BCUT2D eigenvalue weighted by Crippen LogP contribution is -2.38. The summed E-state index contributed by atoms with van der Waals surface area (Å²) >= 11 is 0. The number of hydrogen-bond acceptors (Lipinski definition) is 5. The zero-order chi connectivity index (χ0) is 21.2. The van der Waals surface area contributed by atoms with Crippen molar-refractivity contribution in [2.45, 2.75) is 65.5 Å². The molecule has 30 heavy (non-hydrogen) atoms. The molecule has 2 N–H and O–H groups in total. The van der Waals surface area contributed by atoms with Gasteiger partial charge in [-0.2, -0.15) is 4.98 Å². The molecule has 1 aliphatic rings. The summed E-state index contributed by atoms with van der Waals surface area (Å²) in [5.74, 6) is 2.50. The smallest absolute Gasteiger partial charge is 0.228 e. The second kappa shape index (κ2) is 11.7. The fourth-order valence-electron chi connectivity index (χ4n) is 3.53. The summed E-state index contributed by atoms with van der Waals surface area (Å²) in [5.41, 5.74) is 2.60. The minimum atomic E-state index is 0.278. The van der Waals surface area contributed by atoms with E-state index in [4.69, 9.17) is 9.52 Å². The third kappa shape index (κ3) is 7.13. The van der Waals surface area contributed by atoms with Gasteiger partial charge in [0, 0.05) is 32.0 Å². The lowest BCUT2D eigenvalue weighted by molar-refractivity contribution is 0.221. The Morgan fingerprint density at radius 3 is 2.50 bits per heavy atom. The van der Waals surface area contributed by atoms with E-state index in [1.54, 1.807) is 0 Å². The van der Waals surface area contributed by atoms with Crippen molar-refractivity contribution < 1.29 is 4.52 Å². The van der Waals surface area contributed by atoms with Gasteiger partial charge >= 0.3 is 0 Å². The predicted molar refractivity (Wildman–Crippen MR) is 120 cm³/mol. The Kier molecular flexibility index (Phi) is 8.68. The summed E-state index contributed by atoms with van der Waals surface area (Å²) in [6.45, 7) is 11.9. The summed E-state index contributed by atoms with van der Waals surface area (Å²) in [6.07, 6.45) is 4.72. The van der Waals surface area contributed by atoms with Crippen molar-refractivity contribution in [3.8, 4) is 0 Å². The highest BCUT2D eigenvalue weighted by molar-refractivity contribution is 5.79. The van der Waals surface area contributed by atoms with E-state index in [1.807, 2.05) is 0 Å². The molecular weight excluding hydrogens is 376 g/mol. The van der Waals surface area contributed by atoms with Crippen molar-refractivity contribution >= 4 is 5.96 Å². The molecule has 3 rings (SSSR count). The topological polar surface area (TPSA) is 78.6 Å². The number of aliphatic imine (C=N–C) groups is 1. The minimum absolute atomic E-state index is 0.278. The van der Waals surface area contributed by atoms with E-state index in [9.17, 15) is 0 Å². The van der Waals surface area contributed by atoms with Gasteiger partial charge < -0.3 is 15.2 Å². The van der Waals surface area contributed by atoms with Crippen molar-refractivity contribution in [1.82, 2.24) is 25.7 Å². The van der Waals surface area contributed by atoms with Gasteiger partial charge in [0.15, 0.2) is 11.8 Å². The summed E-state index contributed by atoms with van der Waals surface area (Å²) in [6, 6.07) is 8.86. The number of guanidine groups is 1. The molecule has 7 nitrogen and oxygen atoms in total. The fraction of sp³-hybridized carbons (Fsp3) is 0.609. The van der Waals surface area contributed by atoms with Crippen LogP contribution in [0.3, 0.4) is 0 Å². The quantitative estimate of drug-likeness (QED) is 0.485. The number of piperidine rings is 1. The van der Waals surface area contributed by atoms with Crippen molar-refractivity contribution in [1.29, 1.82) is 0 Å². The molecule has 7 heteroatoms. The van der Waals surface area contributed by atoms with Crippen LogP contribution in [-0.2, 0) is 19.5 Å². The van der Waals surface area contributed by atoms with Gasteiger partial charge in [-0.1, -0.05) is 49.7 Å². The van der Waals surface area contributed by atoms with Crippen molar-refractivity contribution in [2.75, 3.05) is 26.2 Å². The molecule has 0 atom stereocenters. The highest BCUT2D eigenvalue weighted by Crippen LogP contribution is 2.14. The Labute approximate surface area is 180 Å². The molecule has 0 radical (unpaired) electrons. The van der Waals surface area contributed by atoms with E-state index in [-0.39, 0.29) is 5.92 Å². The Hall–Kier alpha value is -2.41. The van der Waals surface area contributed by atoms with Gasteiger partial charge in [-0.05, 0) is 44.0 Å². The first kappa shape index (κ1) is 22.3. The molecule has 1 aromatic heterocycles. The lowest BCUT2D eigenvalue weighted by Gasteiger charge is -2.26. The molecule has 164 valence electrons. The highest BCUT2D eigenvalue weighted by atomic mass is 16.5. The Bertz CT molecular complexity index is 777. The van der Waals surface area contributed by atoms with Crippen molar-refractivity contribution in [3.05, 3.63) is 47.1 Å². The molecule has 1 saturated heterocycles. The molecule has 0 aliphatic carbocycles. The Morgan fingerprint density at radius 2 is 1.83 bits per heavy atom. The molecule has 1 fully saturated rings. The van der Waals surface area contributed by atoms with E-state index in [0.29, 0.717) is 25.4 Å². The van der Waals surface area contributed by atoms with E-state index in [1.165, 1.54) is 43.5 Å². The molecule has 2 heterocycles. The molecule has 0 amide bonds. The van der Waals surface area contributed by atoms with Crippen LogP contribution in [0.2, 0.25) is 0 Å². The largest absolute Gasteiger partial charge is 0.357 e. The SMILES string of the molecule is CCNC(=NCc1ccc(CN2CCCCC2)cc1)NCCc1nc(C(C)C)no1. The molecule has 0 spiro atoms. The van der Waals surface area contributed by atoms with Crippen LogP contribution in [0.5, 0.6) is 0 Å². The normalized spacial score (nSPS) is 15.5. The van der Waals surface area contributed by atoms with Gasteiger partial charge in [0.2, 0.25) is 5.89 Å². The molecular formula is C23H36N6O. The molecule has 1 aliphatic heterocycles. The maximum absolute atomic E-state index is 5.30. The molecule has 0 bridgehead atoms. The first-order valence-electron chi connectivity index (χ1n) is 11.3. The van der Waals surface area contributed by atoms with E-state index in [2.05, 4.69) is 70.7 Å². The lowest BCUT2D eigenvalue weighted by atomic mass is 10.1. The number of nitrogens with one attached hydrogen (secondary N) is 2. The predicted octanol–water partition coefficient (Wildman–Crippen LogP) is 3.48. The molecule has 1 aromatic carbocycles. The summed E-state index contributed by atoms with van der Waals surface area (Å²) in [7, 11) is 0. The van der Waals surface area contributed by atoms with Crippen LogP contribution >= 0.6 is 0 Å². The third-order valence-corrected chi connectivity index (χ3v) is 5.27. The highest BCUT2D eigenvalue weighted by Gasteiger charge is 2.11. The van der Waals surface area contributed by atoms with Crippen molar-refractivity contribution in [3.63, 3.8) is 0 Å². The van der Waals surface area contributed by atoms with Crippen molar-refractivity contribution in [2.24, 2.45) is 4.99 Å². The second-order valence-electron chi connectivity index (χ2n) is 8.23. The first-order chi connectivity index (χ1) is 14.6. The van der Waals surface area contributed by atoms with Crippen LogP contribution < -0.4 is 10.6 Å². The zero-order valence-corrected chi connectivity index (χ0v) is 18.7. The number of likely N-dealkylation sites (tertiary alicyclic amines) is 1. The van der Waals surface area contributed by atoms with Crippen LogP contribution in [-0.4, -0.2) is 47.2 Å². The summed E-state index contributed by atoms with van der Waals surface area (Å²) in [5, 5.41) is 10.6.